The summed E-state index contributed by atoms with van der Waals surface area (Å²) in [4.78, 5) is 21.9. The first-order valence-electron chi connectivity index (χ1n) is 9.88. The Morgan fingerprint density at radius 1 is 1.28 bits per heavy atom. The fraction of sp³-hybridized carbons (Fsp3) is 0.550. The summed E-state index contributed by atoms with van der Waals surface area (Å²) in [6, 6.07) is 1.30. The number of likely N-dealkylation sites (tertiary alicyclic amines) is 1. The van der Waals surface area contributed by atoms with Crippen LogP contribution in [0.3, 0.4) is 0 Å². The number of hydrogen-bond donors (Lipinski definition) is 1. The third-order valence-electron chi connectivity index (χ3n) is 6.41. The maximum atomic E-state index is 13.2. The number of rotatable bonds is 4. The van der Waals surface area contributed by atoms with Gasteiger partial charge in [0.15, 0.2) is 0 Å². The average molecular weight is 405 g/mol. The van der Waals surface area contributed by atoms with Crippen molar-refractivity contribution in [1.82, 2.24) is 19.4 Å². The molecule has 3 heterocycles. The van der Waals surface area contributed by atoms with E-state index >= 15 is 0 Å². The predicted octanol–water partition coefficient (Wildman–Crippen LogP) is 3.15. The number of nitrogen functional groups attached to an aromatic ring is 1. The number of imidazole rings is 1. The molecule has 0 spiro atoms. The molecule has 1 aliphatic heterocycles. The van der Waals surface area contributed by atoms with Crippen LogP contribution in [0.5, 0.6) is 0 Å². The maximum absolute atomic E-state index is 13.2. The Morgan fingerprint density at radius 2 is 1.97 bits per heavy atom. The van der Waals surface area contributed by atoms with E-state index in [1.54, 1.807) is 6.92 Å². The fourth-order valence-electron chi connectivity index (χ4n) is 4.57. The van der Waals surface area contributed by atoms with Crippen LogP contribution in [0.1, 0.15) is 37.2 Å². The first-order valence-corrected chi connectivity index (χ1v) is 9.88. The Bertz CT molecular complexity index is 969. The second-order valence-corrected chi connectivity index (χ2v) is 8.49. The Hall–Kier alpha value is -2.58. The smallest absolute Gasteiger partial charge is 0.383 e. The minimum Gasteiger partial charge on any atom is -0.383 e. The van der Waals surface area contributed by atoms with Gasteiger partial charge in [-0.3, -0.25) is 4.79 Å². The molecular formula is C20H22F3N5O. The molecule has 1 saturated heterocycles. The van der Waals surface area contributed by atoms with Crippen LogP contribution in [0.25, 0.3) is 11.3 Å². The van der Waals surface area contributed by atoms with Gasteiger partial charge in [0.1, 0.15) is 11.6 Å². The maximum Gasteiger partial charge on any atom is 0.419 e. The second kappa shape index (κ2) is 6.21. The van der Waals surface area contributed by atoms with Crippen LogP contribution in [0, 0.1) is 17.8 Å². The molecule has 3 fully saturated rings. The molecule has 29 heavy (non-hydrogen) atoms. The summed E-state index contributed by atoms with van der Waals surface area (Å²) in [6.45, 7) is 3.06. The molecule has 2 aliphatic carbocycles. The standard InChI is InChI=1S/C20H22F3N5O/c1-10(29)27-7-13-14(8-27)18(13)28-9-16(26-17(28)4-11-2-3-11)12-5-15(20(21,22)23)19(24)25-6-12/h5-6,9,11,13-14,18H,2-4,7-8H2,1H3,(H2,24,25)/t13-,14+,18+. The van der Waals surface area contributed by atoms with E-state index in [1.165, 1.54) is 19.0 Å². The quantitative estimate of drug-likeness (QED) is 0.848. The Morgan fingerprint density at radius 3 is 2.55 bits per heavy atom. The largest absolute Gasteiger partial charge is 0.419 e. The molecule has 6 nitrogen and oxygen atoms in total. The van der Waals surface area contributed by atoms with Crippen molar-refractivity contribution < 1.29 is 18.0 Å². The van der Waals surface area contributed by atoms with Crippen molar-refractivity contribution in [3.8, 4) is 11.3 Å². The van der Waals surface area contributed by atoms with Gasteiger partial charge in [-0.2, -0.15) is 13.2 Å². The van der Waals surface area contributed by atoms with Gasteiger partial charge in [-0.25, -0.2) is 9.97 Å². The lowest BCUT2D eigenvalue weighted by molar-refractivity contribution is -0.137. The van der Waals surface area contributed by atoms with E-state index in [4.69, 9.17) is 10.7 Å². The van der Waals surface area contributed by atoms with Crippen LogP contribution in [0.2, 0.25) is 0 Å². The van der Waals surface area contributed by atoms with Gasteiger partial charge in [0.05, 0.1) is 11.3 Å². The summed E-state index contributed by atoms with van der Waals surface area (Å²) < 4.78 is 41.8. The lowest BCUT2D eigenvalue weighted by Crippen LogP contribution is -2.29. The van der Waals surface area contributed by atoms with E-state index in [0.29, 0.717) is 29.0 Å². The molecule has 3 atom stereocenters. The number of pyridine rings is 1. The van der Waals surface area contributed by atoms with Crippen molar-refractivity contribution in [2.75, 3.05) is 18.8 Å². The van der Waals surface area contributed by atoms with Crippen LogP contribution in [0.15, 0.2) is 18.5 Å². The zero-order valence-corrected chi connectivity index (χ0v) is 16.0. The van der Waals surface area contributed by atoms with Gasteiger partial charge in [-0.1, -0.05) is 0 Å². The molecule has 0 radical (unpaired) electrons. The number of alkyl halides is 3. The van der Waals surface area contributed by atoms with Gasteiger partial charge in [-0.15, -0.1) is 0 Å². The van der Waals surface area contributed by atoms with Crippen molar-refractivity contribution in [3.63, 3.8) is 0 Å². The number of halogens is 3. The van der Waals surface area contributed by atoms with E-state index < -0.39 is 17.6 Å². The molecule has 1 amide bonds. The average Bonchev–Trinajstić information content (AvgIpc) is 3.49. The molecule has 154 valence electrons. The number of fused-ring (bicyclic) bond motifs is 1. The number of piperidine rings is 1. The number of anilines is 1. The fourth-order valence-corrected chi connectivity index (χ4v) is 4.57. The lowest BCUT2D eigenvalue weighted by atomic mass is 10.1. The monoisotopic (exact) mass is 405 g/mol. The SMILES string of the molecule is CC(=O)N1C[C@@H]2[C@H](C1)[C@H]2n1cc(-c2cnc(N)c(C(F)(F)F)c2)nc1CC1CC1. The first-order chi connectivity index (χ1) is 13.7. The molecule has 5 rings (SSSR count). The van der Waals surface area contributed by atoms with Gasteiger partial charge in [0, 0.05) is 62.3 Å². The third kappa shape index (κ3) is 3.26. The molecular weight excluding hydrogens is 383 g/mol. The molecule has 0 unspecified atom stereocenters. The number of carbonyl (C=O) groups is 1. The highest BCUT2D eigenvalue weighted by atomic mass is 19.4. The van der Waals surface area contributed by atoms with Crippen LogP contribution < -0.4 is 5.73 Å². The highest BCUT2D eigenvalue weighted by Crippen LogP contribution is 2.56. The number of nitrogens with two attached hydrogens (primary N) is 1. The molecule has 2 aromatic heterocycles. The van der Waals surface area contributed by atoms with E-state index in [0.717, 1.165) is 31.4 Å². The molecule has 9 heteroatoms. The zero-order chi connectivity index (χ0) is 20.5. The van der Waals surface area contributed by atoms with Crippen molar-refractivity contribution in [3.05, 3.63) is 29.8 Å². The molecule has 2 N–H and O–H groups in total. The Labute approximate surface area is 165 Å². The normalized spacial score (nSPS) is 25.9. The Balaban J connectivity index is 1.46. The summed E-state index contributed by atoms with van der Waals surface area (Å²) in [5.41, 5.74) is 5.31. The van der Waals surface area contributed by atoms with Crippen molar-refractivity contribution in [2.24, 2.45) is 17.8 Å². The van der Waals surface area contributed by atoms with Gasteiger partial charge in [0.2, 0.25) is 5.91 Å². The van der Waals surface area contributed by atoms with Crippen LogP contribution in [-0.4, -0.2) is 38.4 Å². The summed E-state index contributed by atoms with van der Waals surface area (Å²) in [5, 5.41) is 0. The number of hydrogen-bond acceptors (Lipinski definition) is 4. The second-order valence-electron chi connectivity index (χ2n) is 8.49. The van der Waals surface area contributed by atoms with Crippen LogP contribution in [-0.2, 0) is 17.4 Å². The summed E-state index contributed by atoms with van der Waals surface area (Å²) in [5.74, 6) is 1.88. The zero-order valence-electron chi connectivity index (χ0n) is 16.0. The highest BCUT2D eigenvalue weighted by molar-refractivity contribution is 5.74. The first kappa shape index (κ1) is 18.4. The van der Waals surface area contributed by atoms with Crippen molar-refractivity contribution >= 4 is 11.7 Å². The number of carbonyl (C=O) groups excluding carboxylic acids is 1. The van der Waals surface area contributed by atoms with Gasteiger partial charge in [0.25, 0.3) is 0 Å². The van der Waals surface area contributed by atoms with Crippen molar-refractivity contribution in [2.45, 2.75) is 38.4 Å². The van der Waals surface area contributed by atoms with E-state index in [-0.39, 0.29) is 11.9 Å². The van der Waals surface area contributed by atoms with E-state index in [2.05, 4.69) is 9.55 Å². The van der Waals surface area contributed by atoms with Gasteiger partial charge >= 0.3 is 6.18 Å². The summed E-state index contributed by atoms with van der Waals surface area (Å²) in [7, 11) is 0. The van der Waals surface area contributed by atoms with Gasteiger partial charge < -0.3 is 15.2 Å². The molecule has 0 aromatic carbocycles. The summed E-state index contributed by atoms with van der Waals surface area (Å²) >= 11 is 0. The number of nitrogens with zero attached hydrogens (tertiary/aromatic N) is 4. The minimum atomic E-state index is -4.56. The topological polar surface area (TPSA) is 77.0 Å². The van der Waals surface area contributed by atoms with E-state index in [1.807, 2.05) is 11.1 Å². The Kier molecular flexibility index (Phi) is 3.95. The van der Waals surface area contributed by atoms with Crippen molar-refractivity contribution in [1.29, 1.82) is 0 Å². The molecule has 3 aliphatic rings. The molecule has 0 bridgehead atoms. The van der Waals surface area contributed by atoms with Crippen LogP contribution in [0.4, 0.5) is 19.0 Å². The van der Waals surface area contributed by atoms with Gasteiger partial charge in [-0.05, 0) is 24.8 Å². The lowest BCUT2D eigenvalue weighted by Gasteiger charge is -2.19. The minimum absolute atomic E-state index is 0.0908. The third-order valence-corrected chi connectivity index (χ3v) is 6.41. The number of aromatic nitrogens is 3. The van der Waals surface area contributed by atoms with E-state index in [9.17, 15) is 18.0 Å². The highest BCUT2D eigenvalue weighted by Gasteiger charge is 2.58. The summed E-state index contributed by atoms with van der Waals surface area (Å²) in [6.07, 6.45) is 1.81. The predicted molar refractivity (Wildman–Crippen MR) is 99.6 cm³/mol. The number of amides is 1. The molecule has 2 saturated carbocycles. The van der Waals surface area contributed by atoms with Crippen LogP contribution >= 0.6 is 0 Å². The molecule has 2 aromatic rings.